The fourth-order valence-electron chi connectivity index (χ4n) is 3.44. The van der Waals surface area contributed by atoms with Gasteiger partial charge in [0.15, 0.2) is 0 Å². The molecule has 0 radical (unpaired) electrons. The first kappa shape index (κ1) is 20.0. The molecule has 1 aliphatic heterocycles. The fraction of sp³-hybridized carbons (Fsp3) is 0.381. The number of nitro groups is 1. The quantitative estimate of drug-likeness (QED) is 0.587. The minimum atomic E-state index is -0.329. The van der Waals surface area contributed by atoms with Gasteiger partial charge in [-0.15, -0.1) is 0 Å². The molecule has 1 aliphatic rings. The van der Waals surface area contributed by atoms with Crippen LogP contribution in [0.5, 0.6) is 0 Å². The van der Waals surface area contributed by atoms with Gasteiger partial charge in [0.2, 0.25) is 5.91 Å². The van der Waals surface area contributed by atoms with E-state index in [-0.39, 0.29) is 16.5 Å². The third-order valence-electron chi connectivity index (χ3n) is 5.17. The average Bonchev–Trinajstić information content (AvgIpc) is 2.70. The smallest absolute Gasteiger partial charge is 0.272 e. The van der Waals surface area contributed by atoms with E-state index in [9.17, 15) is 14.9 Å². The first-order chi connectivity index (χ1) is 13.5. The Labute approximate surface area is 165 Å². The van der Waals surface area contributed by atoms with E-state index in [4.69, 9.17) is 0 Å². The third-order valence-corrected chi connectivity index (χ3v) is 5.17. The van der Waals surface area contributed by atoms with Gasteiger partial charge in [0.25, 0.3) is 5.69 Å². The molecule has 1 saturated heterocycles. The molecule has 1 amide bonds. The van der Waals surface area contributed by atoms with Gasteiger partial charge in [-0.1, -0.05) is 42.5 Å². The van der Waals surface area contributed by atoms with Crippen molar-refractivity contribution in [3.63, 3.8) is 0 Å². The van der Waals surface area contributed by atoms with Crippen molar-refractivity contribution in [2.45, 2.75) is 20.0 Å². The highest BCUT2D eigenvalue weighted by molar-refractivity contribution is 5.78. The van der Waals surface area contributed by atoms with E-state index in [0.717, 1.165) is 42.9 Å². The second kappa shape index (κ2) is 9.43. The topological polar surface area (TPSA) is 78.7 Å². The van der Waals surface area contributed by atoms with E-state index in [1.807, 2.05) is 36.4 Å². The molecule has 0 aromatic heterocycles. The molecule has 1 fully saturated rings. The Morgan fingerprint density at radius 2 is 1.71 bits per heavy atom. The van der Waals surface area contributed by atoms with Crippen LogP contribution < -0.4 is 5.32 Å². The molecule has 0 aliphatic carbocycles. The summed E-state index contributed by atoms with van der Waals surface area (Å²) in [5, 5.41) is 14.1. The maximum absolute atomic E-state index is 12.2. The van der Waals surface area contributed by atoms with Gasteiger partial charge < -0.3 is 5.32 Å². The molecule has 1 N–H and O–H groups in total. The van der Waals surface area contributed by atoms with Gasteiger partial charge in [0, 0.05) is 50.9 Å². The zero-order valence-corrected chi connectivity index (χ0v) is 16.1. The van der Waals surface area contributed by atoms with Crippen molar-refractivity contribution in [3.8, 4) is 0 Å². The fourth-order valence-corrected chi connectivity index (χ4v) is 3.44. The summed E-state index contributed by atoms with van der Waals surface area (Å²) in [7, 11) is 0. The highest BCUT2D eigenvalue weighted by Crippen LogP contribution is 2.22. The van der Waals surface area contributed by atoms with Crippen molar-refractivity contribution < 1.29 is 9.72 Å². The second-order valence-electron chi connectivity index (χ2n) is 7.13. The lowest BCUT2D eigenvalue weighted by Gasteiger charge is -2.34. The van der Waals surface area contributed by atoms with E-state index in [1.165, 1.54) is 0 Å². The molecular weight excluding hydrogens is 356 g/mol. The van der Waals surface area contributed by atoms with Crippen LogP contribution in [-0.2, 0) is 17.9 Å². The summed E-state index contributed by atoms with van der Waals surface area (Å²) in [5.74, 6) is 0.0341. The van der Waals surface area contributed by atoms with Crippen molar-refractivity contribution in [1.29, 1.82) is 0 Å². The summed E-state index contributed by atoms with van der Waals surface area (Å²) in [6.07, 6.45) is 0. The molecule has 0 spiro atoms. The van der Waals surface area contributed by atoms with Crippen LogP contribution in [-0.4, -0.2) is 53.4 Å². The van der Waals surface area contributed by atoms with E-state index in [1.54, 1.807) is 19.1 Å². The van der Waals surface area contributed by atoms with Crippen molar-refractivity contribution in [1.82, 2.24) is 15.1 Å². The second-order valence-corrected chi connectivity index (χ2v) is 7.13. The van der Waals surface area contributed by atoms with E-state index < -0.39 is 0 Å². The van der Waals surface area contributed by atoms with E-state index >= 15 is 0 Å². The Morgan fingerprint density at radius 3 is 2.39 bits per heavy atom. The van der Waals surface area contributed by atoms with Crippen LogP contribution >= 0.6 is 0 Å². The highest BCUT2D eigenvalue weighted by atomic mass is 16.6. The van der Waals surface area contributed by atoms with Crippen LogP contribution in [0.4, 0.5) is 5.69 Å². The monoisotopic (exact) mass is 382 g/mol. The minimum Gasteiger partial charge on any atom is -0.351 e. The lowest BCUT2D eigenvalue weighted by Crippen LogP contribution is -2.49. The number of benzene rings is 2. The molecule has 28 heavy (non-hydrogen) atoms. The van der Waals surface area contributed by atoms with E-state index in [2.05, 4.69) is 15.1 Å². The lowest BCUT2D eigenvalue weighted by molar-refractivity contribution is -0.385. The number of carbonyl (C=O) groups excluding carboxylic acids is 1. The van der Waals surface area contributed by atoms with Crippen LogP contribution in [0.3, 0.4) is 0 Å². The maximum Gasteiger partial charge on any atom is 0.272 e. The summed E-state index contributed by atoms with van der Waals surface area (Å²) in [6.45, 7) is 6.76. The molecule has 0 bridgehead atoms. The standard InChI is InChI=1S/C21H26N4O3/c1-17-19(8-5-9-20(17)25(27)28)15-23-10-12-24(13-11-23)16-21(26)22-14-18-6-3-2-4-7-18/h2-9H,10-16H2,1H3,(H,22,26). The van der Waals surface area contributed by atoms with Crippen molar-refractivity contribution >= 4 is 11.6 Å². The highest BCUT2D eigenvalue weighted by Gasteiger charge is 2.21. The zero-order valence-electron chi connectivity index (χ0n) is 16.1. The molecule has 3 rings (SSSR count). The molecular formula is C21H26N4O3. The Morgan fingerprint density at radius 1 is 1.04 bits per heavy atom. The first-order valence-electron chi connectivity index (χ1n) is 9.51. The van der Waals surface area contributed by atoms with Crippen LogP contribution in [0.25, 0.3) is 0 Å². The first-order valence-corrected chi connectivity index (χ1v) is 9.51. The van der Waals surface area contributed by atoms with Gasteiger partial charge >= 0.3 is 0 Å². The van der Waals surface area contributed by atoms with Crippen LogP contribution in [0.15, 0.2) is 48.5 Å². The predicted molar refractivity (Wildman–Crippen MR) is 108 cm³/mol. The molecule has 0 saturated carbocycles. The van der Waals surface area contributed by atoms with Gasteiger partial charge in [0.1, 0.15) is 0 Å². The molecule has 2 aromatic rings. The lowest BCUT2D eigenvalue weighted by atomic mass is 10.1. The van der Waals surface area contributed by atoms with Crippen molar-refractivity contribution in [3.05, 3.63) is 75.3 Å². The van der Waals surface area contributed by atoms with Crippen LogP contribution in [0.1, 0.15) is 16.7 Å². The van der Waals surface area contributed by atoms with Gasteiger partial charge in [-0.3, -0.25) is 24.7 Å². The zero-order chi connectivity index (χ0) is 19.9. The SMILES string of the molecule is Cc1c(CN2CCN(CC(=O)NCc3ccccc3)CC2)cccc1[N+](=O)[O-]. The van der Waals surface area contributed by atoms with Crippen molar-refractivity contribution in [2.75, 3.05) is 32.7 Å². The molecule has 0 atom stereocenters. The summed E-state index contributed by atoms with van der Waals surface area (Å²) in [4.78, 5) is 27.4. The number of nitrogens with zero attached hydrogens (tertiary/aromatic N) is 3. The van der Waals surface area contributed by atoms with Gasteiger partial charge in [-0.2, -0.15) is 0 Å². The number of hydrogen-bond donors (Lipinski definition) is 1. The number of nitrogens with one attached hydrogen (secondary N) is 1. The molecule has 148 valence electrons. The normalized spacial score (nSPS) is 15.3. The molecule has 0 unspecified atom stereocenters. The van der Waals surface area contributed by atoms with Gasteiger partial charge in [-0.05, 0) is 18.1 Å². The Bertz CT molecular complexity index is 818. The minimum absolute atomic E-state index is 0.0341. The average molecular weight is 382 g/mol. The van der Waals surface area contributed by atoms with Gasteiger partial charge in [-0.25, -0.2) is 0 Å². The van der Waals surface area contributed by atoms with Gasteiger partial charge in [0.05, 0.1) is 11.5 Å². The molecule has 1 heterocycles. The number of amides is 1. The summed E-state index contributed by atoms with van der Waals surface area (Å²) < 4.78 is 0. The Kier molecular flexibility index (Phi) is 6.73. The third kappa shape index (κ3) is 5.37. The molecule has 7 nitrogen and oxygen atoms in total. The summed E-state index contributed by atoms with van der Waals surface area (Å²) in [5.41, 5.74) is 2.98. The Balaban J connectivity index is 1.44. The number of hydrogen-bond acceptors (Lipinski definition) is 5. The number of carbonyl (C=O) groups is 1. The largest absolute Gasteiger partial charge is 0.351 e. The maximum atomic E-state index is 12.2. The number of piperazine rings is 1. The predicted octanol–water partition coefficient (Wildman–Crippen LogP) is 2.34. The number of rotatable bonds is 7. The summed E-state index contributed by atoms with van der Waals surface area (Å²) in [6, 6.07) is 15.1. The summed E-state index contributed by atoms with van der Waals surface area (Å²) >= 11 is 0. The van der Waals surface area contributed by atoms with Crippen molar-refractivity contribution in [2.24, 2.45) is 0 Å². The van der Waals surface area contributed by atoms with E-state index in [0.29, 0.717) is 19.6 Å². The number of nitro benzene ring substituents is 1. The Hall–Kier alpha value is -2.77. The molecule has 7 heteroatoms. The van der Waals surface area contributed by atoms with Crippen LogP contribution in [0.2, 0.25) is 0 Å². The van der Waals surface area contributed by atoms with Crippen LogP contribution in [0, 0.1) is 17.0 Å². The molecule has 2 aromatic carbocycles.